The van der Waals surface area contributed by atoms with Crippen LogP contribution in [0, 0.1) is 10.1 Å². The molecule has 0 bridgehead atoms. The van der Waals surface area contributed by atoms with E-state index in [9.17, 15) is 14.9 Å². The topological polar surface area (TPSA) is 90.1 Å². The van der Waals surface area contributed by atoms with Gasteiger partial charge in [0.2, 0.25) is 0 Å². The lowest BCUT2D eigenvalue weighted by atomic mass is 10.2. The van der Waals surface area contributed by atoms with Crippen LogP contribution in [0.15, 0.2) is 48.8 Å². The molecule has 0 aliphatic carbocycles. The number of carbonyl (C=O) groups excluding carboxylic acids is 1. The van der Waals surface area contributed by atoms with Crippen LogP contribution in [0.1, 0.15) is 15.9 Å². The maximum absolute atomic E-state index is 11.1. The molecule has 1 aromatic carbocycles. The first kappa shape index (κ1) is 15.6. The third-order valence-corrected chi connectivity index (χ3v) is 2.66. The van der Waals surface area contributed by atoms with Crippen LogP contribution in [0.2, 0.25) is 0 Å². The Bertz CT molecular complexity index is 629. The highest BCUT2D eigenvalue weighted by atomic mass is 35.5. The standard InChI is InChI=1S/C13H11N3O3.ClH/c14-13(17)11-2-1-7-15(9-11)8-10-3-5-12(6-4-10)16(18)19;/h1-7,9H,8H2,(H-,14,17);1H/p+1. The number of hydrogen-bond donors (Lipinski definition) is 1. The first-order valence-corrected chi connectivity index (χ1v) is 5.58. The van der Waals surface area contributed by atoms with Gasteiger partial charge < -0.3 is 5.73 Å². The first-order chi connectivity index (χ1) is 9.06. The average molecular weight is 295 g/mol. The van der Waals surface area contributed by atoms with E-state index < -0.39 is 10.8 Å². The van der Waals surface area contributed by atoms with E-state index in [0.29, 0.717) is 12.1 Å². The SMILES string of the molecule is Cl.NC(=O)c1ccc[n+](Cc2ccc([N+](=O)[O-])cc2)c1. The zero-order valence-electron chi connectivity index (χ0n) is 10.4. The van der Waals surface area contributed by atoms with Gasteiger partial charge in [-0.05, 0) is 18.2 Å². The van der Waals surface area contributed by atoms with Crippen LogP contribution in [0.3, 0.4) is 0 Å². The molecule has 2 N–H and O–H groups in total. The number of primary amides is 1. The molecule has 0 radical (unpaired) electrons. The predicted octanol–water partition coefficient (Wildman–Crippen LogP) is 1.45. The van der Waals surface area contributed by atoms with Crippen molar-refractivity contribution >= 4 is 24.0 Å². The maximum atomic E-state index is 11.1. The highest BCUT2D eigenvalue weighted by Gasteiger charge is 2.09. The van der Waals surface area contributed by atoms with Gasteiger partial charge in [-0.25, -0.2) is 0 Å². The van der Waals surface area contributed by atoms with Crippen LogP contribution in [0.4, 0.5) is 5.69 Å². The number of nitrogens with two attached hydrogens (primary N) is 1. The second-order valence-corrected chi connectivity index (χ2v) is 4.05. The summed E-state index contributed by atoms with van der Waals surface area (Å²) in [5, 5.41) is 10.5. The maximum Gasteiger partial charge on any atom is 0.269 e. The molecule has 0 unspecified atom stereocenters. The Kier molecular flexibility index (Phi) is 5.16. The molecule has 104 valence electrons. The van der Waals surface area contributed by atoms with E-state index in [4.69, 9.17) is 5.73 Å². The Morgan fingerprint density at radius 3 is 2.45 bits per heavy atom. The Hall–Kier alpha value is -2.47. The van der Waals surface area contributed by atoms with E-state index in [1.54, 1.807) is 41.2 Å². The number of halogens is 1. The quantitative estimate of drug-likeness (QED) is 0.526. The number of hydrogen-bond acceptors (Lipinski definition) is 3. The second kappa shape index (κ2) is 6.63. The van der Waals surface area contributed by atoms with Gasteiger partial charge in [-0.1, -0.05) is 0 Å². The molecule has 0 aliphatic heterocycles. The lowest BCUT2D eigenvalue weighted by molar-refractivity contribution is -0.688. The molecule has 1 amide bonds. The molecule has 1 aromatic heterocycles. The molecule has 0 saturated heterocycles. The van der Waals surface area contributed by atoms with Gasteiger partial charge in [-0.15, -0.1) is 12.4 Å². The predicted molar refractivity (Wildman–Crippen MR) is 74.6 cm³/mol. The number of amides is 1. The lowest BCUT2D eigenvalue weighted by Gasteiger charge is -1.99. The van der Waals surface area contributed by atoms with Crippen LogP contribution in [-0.2, 0) is 6.54 Å². The highest BCUT2D eigenvalue weighted by molar-refractivity contribution is 5.92. The van der Waals surface area contributed by atoms with Crippen LogP contribution in [-0.4, -0.2) is 10.8 Å². The van der Waals surface area contributed by atoms with Crippen LogP contribution in [0.5, 0.6) is 0 Å². The van der Waals surface area contributed by atoms with Crippen LogP contribution in [0.25, 0.3) is 0 Å². The van der Waals surface area contributed by atoms with E-state index in [1.807, 2.05) is 0 Å². The van der Waals surface area contributed by atoms with Gasteiger partial charge in [0, 0.05) is 23.8 Å². The summed E-state index contributed by atoms with van der Waals surface area (Å²) >= 11 is 0. The van der Waals surface area contributed by atoms with Crippen LogP contribution >= 0.6 is 12.4 Å². The Morgan fingerprint density at radius 1 is 1.25 bits per heavy atom. The summed E-state index contributed by atoms with van der Waals surface area (Å²) in [5.41, 5.74) is 6.58. The monoisotopic (exact) mass is 294 g/mol. The van der Waals surface area contributed by atoms with Gasteiger partial charge in [0.15, 0.2) is 18.9 Å². The van der Waals surface area contributed by atoms with E-state index in [1.165, 1.54) is 12.1 Å². The van der Waals surface area contributed by atoms with Crippen molar-refractivity contribution in [2.24, 2.45) is 5.73 Å². The third-order valence-electron chi connectivity index (χ3n) is 2.66. The molecule has 20 heavy (non-hydrogen) atoms. The van der Waals surface area contributed by atoms with Gasteiger partial charge in [0.05, 0.1) is 4.92 Å². The molecule has 6 nitrogen and oxygen atoms in total. The van der Waals surface area contributed by atoms with Crippen molar-refractivity contribution in [3.63, 3.8) is 0 Å². The summed E-state index contributed by atoms with van der Waals surface area (Å²) in [7, 11) is 0. The highest BCUT2D eigenvalue weighted by Crippen LogP contribution is 2.11. The van der Waals surface area contributed by atoms with E-state index in [0.717, 1.165) is 5.56 Å². The minimum atomic E-state index is -0.488. The summed E-state index contributed by atoms with van der Waals surface area (Å²) in [6.45, 7) is 0.513. The number of pyridine rings is 1. The number of carbonyl (C=O) groups is 1. The molecule has 1 heterocycles. The number of nitro groups is 1. The molecule has 0 fully saturated rings. The minimum Gasteiger partial charge on any atom is -0.365 e. The molecule has 0 aliphatic rings. The normalized spacial score (nSPS) is 9.60. The first-order valence-electron chi connectivity index (χ1n) is 5.58. The third kappa shape index (κ3) is 3.76. The van der Waals surface area contributed by atoms with Crippen molar-refractivity contribution in [2.75, 3.05) is 0 Å². The Morgan fingerprint density at radius 2 is 1.90 bits per heavy atom. The zero-order chi connectivity index (χ0) is 13.8. The fourth-order valence-electron chi connectivity index (χ4n) is 1.70. The van der Waals surface area contributed by atoms with Crippen LogP contribution < -0.4 is 10.3 Å². The van der Waals surface area contributed by atoms with Crippen molar-refractivity contribution in [3.8, 4) is 0 Å². The number of aromatic nitrogens is 1. The molecule has 7 heteroatoms. The summed E-state index contributed by atoms with van der Waals surface area (Å²) in [5.74, 6) is -0.488. The number of nitrogens with zero attached hydrogens (tertiary/aromatic N) is 2. The van der Waals surface area contributed by atoms with Crippen molar-refractivity contribution in [1.29, 1.82) is 0 Å². The Labute approximate surface area is 121 Å². The molecule has 0 atom stereocenters. The number of rotatable bonds is 4. The van der Waals surface area contributed by atoms with Crippen molar-refractivity contribution in [2.45, 2.75) is 6.54 Å². The molecule has 0 saturated carbocycles. The van der Waals surface area contributed by atoms with E-state index in [2.05, 4.69) is 0 Å². The zero-order valence-corrected chi connectivity index (χ0v) is 11.2. The number of benzene rings is 1. The molecule has 2 rings (SSSR count). The Balaban J connectivity index is 0.00000200. The van der Waals surface area contributed by atoms with Gasteiger partial charge in [0.1, 0.15) is 5.56 Å². The fraction of sp³-hybridized carbons (Fsp3) is 0.0769. The van der Waals surface area contributed by atoms with Gasteiger partial charge in [0.25, 0.3) is 11.6 Å². The van der Waals surface area contributed by atoms with Crippen molar-refractivity contribution in [1.82, 2.24) is 0 Å². The lowest BCUT2D eigenvalue weighted by Crippen LogP contribution is -2.35. The molecule has 0 spiro atoms. The largest absolute Gasteiger partial charge is 0.365 e. The van der Waals surface area contributed by atoms with Gasteiger partial charge in [-0.2, -0.15) is 4.57 Å². The molecule has 2 aromatic rings. The second-order valence-electron chi connectivity index (χ2n) is 4.05. The van der Waals surface area contributed by atoms with Crippen molar-refractivity contribution in [3.05, 3.63) is 70.0 Å². The van der Waals surface area contributed by atoms with Crippen molar-refractivity contribution < 1.29 is 14.3 Å². The molecular formula is C13H13ClN3O3+. The van der Waals surface area contributed by atoms with E-state index >= 15 is 0 Å². The minimum absolute atomic E-state index is 0. The molecular weight excluding hydrogens is 282 g/mol. The number of nitro benzene ring substituents is 1. The smallest absolute Gasteiger partial charge is 0.269 e. The van der Waals surface area contributed by atoms with E-state index in [-0.39, 0.29) is 18.1 Å². The van der Waals surface area contributed by atoms with Gasteiger partial charge in [-0.3, -0.25) is 14.9 Å². The average Bonchev–Trinajstić information content (AvgIpc) is 2.39. The summed E-state index contributed by atoms with van der Waals surface area (Å²) in [4.78, 5) is 21.2. The van der Waals surface area contributed by atoms with Gasteiger partial charge >= 0.3 is 0 Å². The number of non-ortho nitro benzene ring substituents is 1. The summed E-state index contributed by atoms with van der Waals surface area (Å²) in [6.07, 6.45) is 3.44. The summed E-state index contributed by atoms with van der Waals surface area (Å²) in [6, 6.07) is 9.63. The summed E-state index contributed by atoms with van der Waals surface area (Å²) < 4.78 is 1.79. The fourth-order valence-corrected chi connectivity index (χ4v) is 1.70.